The van der Waals surface area contributed by atoms with E-state index in [4.69, 9.17) is 0 Å². The number of hydrogen-bond acceptors (Lipinski definition) is 0. The second kappa shape index (κ2) is 10.9. The molecule has 0 spiro atoms. The summed E-state index contributed by atoms with van der Waals surface area (Å²) in [4.78, 5) is 0. The summed E-state index contributed by atoms with van der Waals surface area (Å²) < 4.78 is 0. The molecule has 0 fully saturated rings. The quantitative estimate of drug-likeness (QED) is 0.181. The Morgan fingerprint density at radius 3 is 1.65 bits per heavy atom. The predicted molar refractivity (Wildman–Crippen MR) is 198 cm³/mol. The van der Waals surface area contributed by atoms with Crippen molar-refractivity contribution in [3.05, 3.63) is 182 Å². The highest BCUT2D eigenvalue weighted by atomic mass is 14.2. The van der Waals surface area contributed by atoms with Crippen molar-refractivity contribution in [3.63, 3.8) is 0 Å². The number of rotatable bonds is 4. The van der Waals surface area contributed by atoms with Crippen molar-refractivity contribution in [1.82, 2.24) is 0 Å². The molecule has 0 atom stereocenters. The highest BCUT2D eigenvalue weighted by Gasteiger charge is 2.21. The van der Waals surface area contributed by atoms with E-state index in [1.54, 1.807) is 0 Å². The lowest BCUT2D eigenvalue weighted by Gasteiger charge is -2.21. The standard InChI is InChI=1S/C46H30/c1-2-13-31(14-3-1)35-19-10-20-37(30-35)44-41-22-8-9-23-42(41)45(40-25-11-18-33-16-6-7-21-38(33)40)43-26-12-24-39(46(43)44)36-28-27-32-15-4-5-17-34(32)29-36/h1-30H. The van der Waals surface area contributed by atoms with Crippen molar-refractivity contribution in [2.75, 3.05) is 0 Å². The van der Waals surface area contributed by atoms with Crippen LogP contribution in [0.2, 0.25) is 0 Å². The first-order valence-corrected chi connectivity index (χ1v) is 15.9. The number of fused-ring (bicyclic) bond motifs is 4. The fraction of sp³-hybridized carbons (Fsp3) is 0. The molecule has 0 radical (unpaired) electrons. The third-order valence-electron chi connectivity index (χ3n) is 9.43. The second-order valence-electron chi connectivity index (χ2n) is 12.1. The van der Waals surface area contributed by atoms with Crippen LogP contribution >= 0.6 is 0 Å². The van der Waals surface area contributed by atoms with Gasteiger partial charge in [0.2, 0.25) is 0 Å². The summed E-state index contributed by atoms with van der Waals surface area (Å²) in [5, 5.41) is 10.1. The van der Waals surface area contributed by atoms with Gasteiger partial charge in [-0.3, -0.25) is 0 Å². The van der Waals surface area contributed by atoms with Crippen molar-refractivity contribution in [2.45, 2.75) is 0 Å². The number of benzene rings is 9. The lowest BCUT2D eigenvalue weighted by Crippen LogP contribution is -1.94. The van der Waals surface area contributed by atoms with Crippen LogP contribution in [0.3, 0.4) is 0 Å². The van der Waals surface area contributed by atoms with Crippen molar-refractivity contribution in [2.24, 2.45) is 0 Å². The molecule has 0 saturated carbocycles. The minimum atomic E-state index is 1.22. The summed E-state index contributed by atoms with van der Waals surface area (Å²) >= 11 is 0. The molecule has 0 aliphatic carbocycles. The van der Waals surface area contributed by atoms with Crippen LogP contribution in [0, 0.1) is 0 Å². The fourth-order valence-corrected chi connectivity index (χ4v) is 7.34. The molecule has 0 saturated heterocycles. The van der Waals surface area contributed by atoms with Gasteiger partial charge in [0.25, 0.3) is 0 Å². The zero-order chi connectivity index (χ0) is 30.5. The normalized spacial score (nSPS) is 11.5. The molecule has 0 aliphatic heterocycles. The molecule has 0 heteroatoms. The Hall–Kier alpha value is -5.98. The lowest BCUT2D eigenvalue weighted by atomic mass is 9.81. The van der Waals surface area contributed by atoms with E-state index in [9.17, 15) is 0 Å². The Morgan fingerprint density at radius 1 is 0.239 bits per heavy atom. The van der Waals surface area contributed by atoms with Crippen LogP contribution in [-0.4, -0.2) is 0 Å². The fourth-order valence-electron chi connectivity index (χ4n) is 7.34. The van der Waals surface area contributed by atoms with Crippen LogP contribution in [0.5, 0.6) is 0 Å². The second-order valence-corrected chi connectivity index (χ2v) is 12.1. The van der Waals surface area contributed by atoms with Gasteiger partial charge in [0.05, 0.1) is 0 Å². The van der Waals surface area contributed by atoms with Crippen molar-refractivity contribution in [3.8, 4) is 44.5 Å². The van der Waals surface area contributed by atoms with E-state index in [1.165, 1.54) is 87.6 Å². The van der Waals surface area contributed by atoms with Crippen LogP contribution < -0.4 is 0 Å². The zero-order valence-electron chi connectivity index (χ0n) is 25.3. The first-order chi connectivity index (χ1) is 22.8. The molecule has 0 aromatic heterocycles. The molecule has 0 bridgehead atoms. The highest BCUT2D eigenvalue weighted by molar-refractivity contribution is 6.26. The van der Waals surface area contributed by atoms with Gasteiger partial charge >= 0.3 is 0 Å². The monoisotopic (exact) mass is 582 g/mol. The van der Waals surface area contributed by atoms with Gasteiger partial charge in [-0.1, -0.05) is 170 Å². The Labute approximate surface area is 268 Å². The van der Waals surface area contributed by atoms with Gasteiger partial charge in [0.1, 0.15) is 0 Å². The molecule has 0 N–H and O–H groups in total. The topological polar surface area (TPSA) is 0 Å². The van der Waals surface area contributed by atoms with Crippen molar-refractivity contribution >= 4 is 43.1 Å². The van der Waals surface area contributed by atoms with Crippen LogP contribution in [0.15, 0.2) is 182 Å². The molecule has 9 aromatic rings. The Morgan fingerprint density at radius 2 is 0.804 bits per heavy atom. The van der Waals surface area contributed by atoms with Crippen LogP contribution in [0.1, 0.15) is 0 Å². The van der Waals surface area contributed by atoms with Crippen LogP contribution in [-0.2, 0) is 0 Å². The molecular formula is C46H30. The maximum Gasteiger partial charge on any atom is -0.00141 e. The molecule has 0 nitrogen and oxygen atoms in total. The lowest BCUT2D eigenvalue weighted by molar-refractivity contribution is 1.61. The van der Waals surface area contributed by atoms with E-state index in [-0.39, 0.29) is 0 Å². The Balaban J connectivity index is 1.45. The minimum absolute atomic E-state index is 1.22. The van der Waals surface area contributed by atoms with Crippen molar-refractivity contribution in [1.29, 1.82) is 0 Å². The first kappa shape index (κ1) is 26.4. The third-order valence-corrected chi connectivity index (χ3v) is 9.43. The minimum Gasteiger partial charge on any atom is -0.0622 e. The summed E-state index contributed by atoms with van der Waals surface area (Å²) in [5.41, 5.74) is 9.96. The first-order valence-electron chi connectivity index (χ1n) is 15.9. The molecule has 0 amide bonds. The summed E-state index contributed by atoms with van der Waals surface area (Å²) in [7, 11) is 0. The largest absolute Gasteiger partial charge is 0.0622 e. The van der Waals surface area contributed by atoms with Gasteiger partial charge in [-0.2, -0.15) is 0 Å². The Kier molecular flexibility index (Phi) is 6.25. The molecule has 9 rings (SSSR count). The van der Waals surface area contributed by atoms with Crippen LogP contribution in [0.4, 0.5) is 0 Å². The maximum absolute atomic E-state index is 2.37. The average molecular weight is 583 g/mol. The van der Waals surface area contributed by atoms with Gasteiger partial charge < -0.3 is 0 Å². The van der Waals surface area contributed by atoms with Gasteiger partial charge in [0.15, 0.2) is 0 Å². The zero-order valence-corrected chi connectivity index (χ0v) is 25.3. The van der Waals surface area contributed by atoms with Gasteiger partial charge in [-0.05, 0) is 99.7 Å². The average Bonchev–Trinajstić information content (AvgIpc) is 3.13. The van der Waals surface area contributed by atoms with Gasteiger partial charge in [-0.25, -0.2) is 0 Å². The van der Waals surface area contributed by atoms with Gasteiger partial charge in [-0.15, -0.1) is 0 Å². The smallest absolute Gasteiger partial charge is 0.00141 e. The highest BCUT2D eigenvalue weighted by Crippen LogP contribution is 2.48. The molecular weight excluding hydrogens is 553 g/mol. The van der Waals surface area contributed by atoms with Crippen LogP contribution in [0.25, 0.3) is 87.6 Å². The van der Waals surface area contributed by atoms with E-state index in [1.807, 2.05) is 0 Å². The molecule has 214 valence electrons. The third kappa shape index (κ3) is 4.30. The maximum atomic E-state index is 2.37. The summed E-state index contributed by atoms with van der Waals surface area (Å²) in [6.07, 6.45) is 0. The Bertz CT molecular complexity index is 2570. The van der Waals surface area contributed by atoms with Crippen molar-refractivity contribution < 1.29 is 0 Å². The summed E-state index contributed by atoms with van der Waals surface area (Å²) in [5.74, 6) is 0. The number of hydrogen-bond donors (Lipinski definition) is 0. The van der Waals surface area contributed by atoms with Gasteiger partial charge in [0, 0.05) is 0 Å². The van der Waals surface area contributed by atoms with E-state index >= 15 is 0 Å². The summed E-state index contributed by atoms with van der Waals surface area (Å²) in [6, 6.07) is 66.6. The van der Waals surface area contributed by atoms with E-state index in [2.05, 4.69) is 182 Å². The molecule has 0 aliphatic rings. The molecule has 0 unspecified atom stereocenters. The predicted octanol–water partition coefficient (Wildman–Crippen LogP) is 13.0. The summed E-state index contributed by atoms with van der Waals surface area (Å²) in [6.45, 7) is 0. The molecule has 46 heavy (non-hydrogen) atoms. The van der Waals surface area contributed by atoms with E-state index < -0.39 is 0 Å². The SMILES string of the molecule is c1ccc(-c2cccc(-c3c4ccccc4c(-c4cccc5ccccc45)c4cccc(-c5ccc6ccccc6c5)c34)c2)cc1. The van der Waals surface area contributed by atoms with E-state index in [0.29, 0.717) is 0 Å². The van der Waals surface area contributed by atoms with E-state index in [0.717, 1.165) is 0 Å². The molecule has 0 heterocycles. The molecule has 9 aromatic carbocycles.